The van der Waals surface area contributed by atoms with Gasteiger partial charge in [0, 0.05) is 25.2 Å². The Morgan fingerprint density at radius 1 is 1.05 bits per heavy atom. The van der Waals surface area contributed by atoms with Crippen LogP contribution in [0.15, 0.2) is 42.7 Å². The number of esters is 1. The zero-order valence-electron chi connectivity index (χ0n) is 24.6. The smallest absolute Gasteiger partial charge is 0.306 e. The molecule has 42 heavy (non-hydrogen) atoms. The normalized spacial score (nSPS) is 19.8. The van der Waals surface area contributed by atoms with Crippen LogP contribution in [0.4, 0.5) is 13.2 Å². The predicted octanol–water partition coefficient (Wildman–Crippen LogP) is 7.29. The number of ether oxygens (including phenoxy) is 1. The molecule has 0 radical (unpaired) electrons. The van der Waals surface area contributed by atoms with E-state index >= 15 is 0 Å². The van der Waals surface area contributed by atoms with Gasteiger partial charge in [-0.05, 0) is 112 Å². The molecule has 1 fully saturated rings. The Bertz CT molecular complexity index is 1440. The molecule has 1 N–H and O–H groups in total. The van der Waals surface area contributed by atoms with Crippen molar-refractivity contribution in [3.63, 3.8) is 0 Å². The summed E-state index contributed by atoms with van der Waals surface area (Å²) in [6.07, 6.45) is 4.95. The number of benzene rings is 1. The number of aromatic nitrogens is 2. The number of hydrogen-bond acceptors (Lipinski definition) is 6. The van der Waals surface area contributed by atoms with E-state index in [2.05, 4.69) is 16.9 Å². The Hall–Kier alpha value is -3.59. The third-order valence-corrected chi connectivity index (χ3v) is 7.56. The molecule has 3 aromatic rings. The van der Waals surface area contributed by atoms with Crippen molar-refractivity contribution in [3.8, 4) is 11.3 Å². The van der Waals surface area contributed by atoms with Crippen molar-refractivity contribution >= 4 is 11.8 Å². The number of rotatable bonds is 8. The van der Waals surface area contributed by atoms with Crippen molar-refractivity contribution in [1.82, 2.24) is 9.97 Å². The van der Waals surface area contributed by atoms with Gasteiger partial charge in [-0.25, -0.2) is 18.2 Å². The number of hydrogen-bond donors (Lipinski definition) is 1. The monoisotopic (exact) mass is 582 g/mol. The van der Waals surface area contributed by atoms with E-state index in [0.717, 1.165) is 43.0 Å². The van der Waals surface area contributed by atoms with Gasteiger partial charge in [0.15, 0.2) is 5.78 Å². The van der Waals surface area contributed by atoms with Crippen LogP contribution in [0.3, 0.4) is 0 Å². The first-order valence-corrected chi connectivity index (χ1v) is 14.2. The lowest BCUT2D eigenvalue weighted by Gasteiger charge is -2.34. The first-order chi connectivity index (χ1) is 19.7. The Morgan fingerprint density at radius 3 is 2.38 bits per heavy atom. The van der Waals surface area contributed by atoms with Crippen LogP contribution in [0.5, 0.6) is 0 Å². The number of nitrogens with zero attached hydrogens (tertiary/aromatic N) is 2. The standard InChI is InChI=1S/C33H37F3N2O4/c1-18-10-20(13-30(41)42-33(3,4)5)12-22(11-18)24-8-9-37-17-23(24)16-29(40)28-7-6-25(34)32(38-28)31-26(35)14-21(19(2)39)15-27(31)36/h6-9,14-15,17-20,22,39H,10-13,16H2,1-5H3/t18-,19+,20+,22-/m1/s1. The highest BCUT2D eigenvalue weighted by atomic mass is 19.1. The van der Waals surface area contributed by atoms with Crippen molar-refractivity contribution in [1.29, 1.82) is 0 Å². The van der Waals surface area contributed by atoms with Crippen LogP contribution >= 0.6 is 0 Å². The van der Waals surface area contributed by atoms with Crippen molar-refractivity contribution in [2.75, 3.05) is 0 Å². The van der Waals surface area contributed by atoms with E-state index in [1.165, 1.54) is 13.0 Å². The number of pyridine rings is 2. The maximum absolute atomic E-state index is 14.8. The van der Waals surface area contributed by atoms with Crippen molar-refractivity contribution < 1.29 is 32.6 Å². The maximum atomic E-state index is 14.8. The minimum Gasteiger partial charge on any atom is -0.460 e. The molecule has 2 aromatic heterocycles. The fourth-order valence-corrected chi connectivity index (χ4v) is 5.87. The lowest BCUT2D eigenvalue weighted by molar-refractivity contribution is -0.156. The molecule has 4 rings (SSSR count). The SMILES string of the molecule is C[C@@H]1C[C@H](CC(=O)OC(C)(C)C)C[C@H](c2ccncc2CC(=O)c2ccc(F)c(-c3c(F)cc([C@H](C)O)cc3F)n2)C1. The van der Waals surface area contributed by atoms with E-state index < -0.39 is 46.2 Å². The zero-order chi connectivity index (χ0) is 30.8. The van der Waals surface area contributed by atoms with E-state index in [1.54, 1.807) is 12.4 Å². The lowest BCUT2D eigenvalue weighted by Crippen LogP contribution is -2.28. The molecule has 224 valence electrons. The second-order valence-corrected chi connectivity index (χ2v) is 12.4. The zero-order valence-corrected chi connectivity index (χ0v) is 24.6. The summed E-state index contributed by atoms with van der Waals surface area (Å²) in [6, 6.07) is 5.87. The largest absolute Gasteiger partial charge is 0.460 e. The molecule has 4 atom stereocenters. The highest BCUT2D eigenvalue weighted by molar-refractivity contribution is 5.96. The Morgan fingerprint density at radius 2 is 1.74 bits per heavy atom. The summed E-state index contributed by atoms with van der Waals surface area (Å²) in [6.45, 7) is 9.04. The summed E-state index contributed by atoms with van der Waals surface area (Å²) in [5.41, 5.74) is -0.388. The van der Waals surface area contributed by atoms with E-state index in [0.29, 0.717) is 17.9 Å². The Labute approximate surface area is 244 Å². The number of carbonyl (C=O) groups excluding carboxylic acids is 2. The number of aliphatic hydroxyl groups excluding tert-OH is 1. The molecule has 9 heteroatoms. The molecule has 0 aliphatic heterocycles. The van der Waals surface area contributed by atoms with Gasteiger partial charge < -0.3 is 9.84 Å². The molecular weight excluding hydrogens is 545 g/mol. The van der Waals surface area contributed by atoms with Crippen LogP contribution in [0, 0.1) is 29.3 Å². The minimum atomic E-state index is -1.12. The average Bonchev–Trinajstić information content (AvgIpc) is 2.88. The minimum absolute atomic E-state index is 0.00383. The molecule has 2 heterocycles. The van der Waals surface area contributed by atoms with Crippen LogP contribution in [-0.4, -0.2) is 32.4 Å². The molecule has 0 bridgehead atoms. The number of aliphatic hydroxyl groups is 1. The number of ketones is 1. The van der Waals surface area contributed by atoms with Gasteiger partial charge in [-0.3, -0.25) is 14.6 Å². The van der Waals surface area contributed by atoms with E-state index in [9.17, 15) is 27.9 Å². The maximum Gasteiger partial charge on any atom is 0.306 e. The Kier molecular flexibility index (Phi) is 9.50. The van der Waals surface area contributed by atoms with E-state index in [4.69, 9.17) is 4.74 Å². The summed E-state index contributed by atoms with van der Waals surface area (Å²) in [4.78, 5) is 34.1. The van der Waals surface area contributed by atoms with Crippen molar-refractivity contribution in [2.24, 2.45) is 11.8 Å². The van der Waals surface area contributed by atoms with Gasteiger partial charge in [-0.2, -0.15) is 0 Å². The molecule has 1 saturated carbocycles. The van der Waals surface area contributed by atoms with Crippen molar-refractivity contribution in [2.45, 2.75) is 84.3 Å². The first kappa shape index (κ1) is 31.3. The van der Waals surface area contributed by atoms with E-state index in [-0.39, 0.29) is 35.5 Å². The molecule has 1 aromatic carbocycles. The van der Waals surface area contributed by atoms with Crippen LogP contribution in [0.2, 0.25) is 0 Å². The molecule has 1 aliphatic carbocycles. The molecule has 0 saturated heterocycles. The summed E-state index contributed by atoms with van der Waals surface area (Å²) in [5.74, 6) is -3.26. The fraction of sp³-hybridized carbons (Fsp3) is 0.455. The fourth-order valence-electron chi connectivity index (χ4n) is 5.87. The highest BCUT2D eigenvalue weighted by Gasteiger charge is 2.32. The van der Waals surface area contributed by atoms with Gasteiger partial charge in [0.1, 0.15) is 34.4 Å². The second-order valence-electron chi connectivity index (χ2n) is 12.4. The summed E-state index contributed by atoms with van der Waals surface area (Å²) >= 11 is 0. The molecule has 0 amide bonds. The van der Waals surface area contributed by atoms with E-state index in [1.807, 2.05) is 26.8 Å². The topological polar surface area (TPSA) is 89.4 Å². The highest BCUT2D eigenvalue weighted by Crippen LogP contribution is 2.42. The second kappa shape index (κ2) is 12.7. The van der Waals surface area contributed by atoms with Crippen LogP contribution in [0.25, 0.3) is 11.3 Å². The molecule has 6 nitrogen and oxygen atoms in total. The third-order valence-electron chi connectivity index (χ3n) is 7.56. The van der Waals surface area contributed by atoms with Crippen LogP contribution in [-0.2, 0) is 16.0 Å². The lowest BCUT2D eigenvalue weighted by atomic mass is 9.71. The molecule has 0 spiro atoms. The quantitative estimate of drug-likeness (QED) is 0.222. The van der Waals surface area contributed by atoms with Gasteiger partial charge >= 0.3 is 5.97 Å². The van der Waals surface area contributed by atoms with Crippen LogP contribution < -0.4 is 0 Å². The number of halogens is 3. The van der Waals surface area contributed by atoms with Crippen molar-refractivity contribution in [3.05, 3.63) is 82.6 Å². The summed E-state index contributed by atoms with van der Waals surface area (Å²) in [7, 11) is 0. The van der Waals surface area contributed by atoms with Gasteiger partial charge in [0.2, 0.25) is 0 Å². The number of carbonyl (C=O) groups is 2. The Balaban J connectivity index is 1.57. The predicted molar refractivity (Wildman–Crippen MR) is 152 cm³/mol. The number of Topliss-reactive ketones (excluding diaryl/α,β-unsaturated/α-hetero) is 1. The van der Waals surface area contributed by atoms with Crippen LogP contribution in [0.1, 0.15) is 99.5 Å². The van der Waals surface area contributed by atoms with Gasteiger partial charge in [-0.15, -0.1) is 0 Å². The van der Waals surface area contributed by atoms with Gasteiger partial charge in [0.25, 0.3) is 0 Å². The third kappa shape index (κ3) is 7.62. The first-order valence-electron chi connectivity index (χ1n) is 14.2. The summed E-state index contributed by atoms with van der Waals surface area (Å²) in [5, 5.41) is 9.68. The van der Waals surface area contributed by atoms with Gasteiger partial charge in [-0.1, -0.05) is 6.92 Å². The van der Waals surface area contributed by atoms with Gasteiger partial charge in [0.05, 0.1) is 11.7 Å². The summed E-state index contributed by atoms with van der Waals surface area (Å²) < 4.78 is 49.9. The molecule has 0 unspecified atom stereocenters. The molecule has 1 aliphatic rings. The molecular formula is C33H37F3N2O4. The average molecular weight is 583 g/mol.